The summed E-state index contributed by atoms with van der Waals surface area (Å²) in [5.41, 5.74) is -0.726. The van der Waals surface area contributed by atoms with Crippen LogP contribution in [0.3, 0.4) is 0 Å². The molecule has 3 rings (SSSR count). The highest BCUT2D eigenvalue weighted by atomic mass is 16.6. The number of carbonyl (C=O) groups is 1. The summed E-state index contributed by atoms with van der Waals surface area (Å²) in [4.78, 5) is 14.3. The van der Waals surface area contributed by atoms with E-state index in [1.54, 1.807) is 15.8 Å². The third kappa shape index (κ3) is 3.21. The van der Waals surface area contributed by atoms with Gasteiger partial charge in [-0.25, -0.2) is 4.79 Å². The van der Waals surface area contributed by atoms with Crippen molar-refractivity contribution < 1.29 is 19.4 Å². The molecule has 2 aliphatic heterocycles. The lowest BCUT2D eigenvalue weighted by molar-refractivity contribution is -0.141. The van der Waals surface area contributed by atoms with E-state index in [1.165, 1.54) is 0 Å². The largest absolute Gasteiger partial charge is 0.444 e. The van der Waals surface area contributed by atoms with Gasteiger partial charge in [0.25, 0.3) is 0 Å². The molecule has 23 heavy (non-hydrogen) atoms. The van der Waals surface area contributed by atoms with Crippen molar-refractivity contribution in [3.8, 4) is 0 Å². The van der Waals surface area contributed by atoms with Crippen molar-refractivity contribution >= 4 is 6.09 Å². The first kappa shape index (κ1) is 16.3. The molecule has 2 atom stereocenters. The van der Waals surface area contributed by atoms with Crippen molar-refractivity contribution in [2.24, 2.45) is 7.05 Å². The molecule has 1 aromatic rings. The highest BCUT2D eigenvalue weighted by Gasteiger charge is 2.50. The highest BCUT2D eigenvalue weighted by molar-refractivity contribution is 5.69. The molecule has 7 heteroatoms. The molecule has 2 fully saturated rings. The number of amides is 1. The molecule has 0 saturated carbocycles. The Hall–Kier alpha value is -1.60. The molecule has 2 aliphatic rings. The van der Waals surface area contributed by atoms with Crippen LogP contribution in [0.25, 0.3) is 0 Å². The van der Waals surface area contributed by atoms with Crippen LogP contribution in [-0.2, 0) is 22.1 Å². The van der Waals surface area contributed by atoms with Gasteiger partial charge in [0.15, 0.2) is 0 Å². The van der Waals surface area contributed by atoms with Crippen LogP contribution in [-0.4, -0.2) is 56.8 Å². The Morgan fingerprint density at radius 3 is 2.48 bits per heavy atom. The van der Waals surface area contributed by atoms with Crippen molar-refractivity contribution in [1.82, 2.24) is 14.7 Å². The molecule has 0 aliphatic carbocycles. The van der Waals surface area contributed by atoms with E-state index in [-0.39, 0.29) is 18.2 Å². The summed E-state index contributed by atoms with van der Waals surface area (Å²) in [6.07, 6.45) is 4.05. The zero-order valence-electron chi connectivity index (χ0n) is 14.2. The minimum Gasteiger partial charge on any atom is -0.444 e. The molecule has 1 N–H and O–H groups in total. The third-order valence-corrected chi connectivity index (χ3v) is 4.40. The predicted octanol–water partition coefficient (Wildman–Crippen LogP) is 1.41. The molecule has 2 bridgehead atoms. The first-order valence-corrected chi connectivity index (χ1v) is 7.98. The third-order valence-electron chi connectivity index (χ3n) is 4.40. The van der Waals surface area contributed by atoms with Gasteiger partial charge >= 0.3 is 6.09 Å². The molecule has 7 nitrogen and oxygen atoms in total. The van der Waals surface area contributed by atoms with Gasteiger partial charge in [-0.3, -0.25) is 9.58 Å². The molecule has 1 aromatic heterocycles. The number of aliphatic hydroxyl groups is 1. The Bertz CT molecular complexity index is 578. The van der Waals surface area contributed by atoms with Gasteiger partial charge in [0.2, 0.25) is 0 Å². The second kappa shape index (κ2) is 5.49. The minimum atomic E-state index is -0.980. The van der Waals surface area contributed by atoms with Crippen LogP contribution in [0.5, 0.6) is 0 Å². The Morgan fingerprint density at radius 1 is 1.39 bits per heavy atom. The average molecular weight is 323 g/mol. The van der Waals surface area contributed by atoms with Crippen molar-refractivity contribution in [2.45, 2.75) is 56.9 Å². The number of aryl methyl sites for hydroxylation is 1. The molecular formula is C16H25N3O4. The van der Waals surface area contributed by atoms with Crippen molar-refractivity contribution in [3.05, 3.63) is 18.0 Å². The van der Waals surface area contributed by atoms with Gasteiger partial charge in [-0.05, 0) is 20.8 Å². The first-order valence-electron chi connectivity index (χ1n) is 7.98. The fourth-order valence-electron chi connectivity index (χ4n) is 3.49. The molecule has 3 heterocycles. The summed E-state index contributed by atoms with van der Waals surface area (Å²) >= 11 is 0. The Morgan fingerprint density at radius 2 is 2.00 bits per heavy atom. The smallest absolute Gasteiger partial charge is 0.410 e. The summed E-state index contributed by atoms with van der Waals surface area (Å²) in [5.74, 6) is 0. The van der Waals surface area contributed by atoms with Crippen LogP contribution < -0.4 is 0 Å². The number of hydrogen-bond donors (Lipinski definition) is 1. The minimum absolute atomic E-state index is 0.192. The van der Waals surface area contributed by atoms with Gasteiger partial charge in [0.05, 0.1) is 37.1 Å². The SMILES string of the molecule is Cn1cc(C2(O)CC3COCC(C2)N3C(=O)OC(C)(C)C)cn1. The number of piperidine rings is 1. The zero-order valence-corrected chi connectivity index (χ0v) is 14.2. The Labute approximate surface area is 136 Å². The van der Waals surface area contributed by atoms with Gasteiger partial charge in [-0.15, -0.1) is 0 Å². The van der Waals surface area contributed by atoms with E-state index in [9.17, 15) is 9.90 Å². The lowest BCUT2D eigenvalue weighted by Gasteiger charge is -2.51. The van der Waals surface area contributed by atoms with E-state index in [0.717, 1.165) is 5.56 Å². The Kier molecular flexibility index (Phi) is 3.88. The highest BCUT2D eigenvalue weighted by Crippen LogP contribution is 2.41. The lowest BCUT2D eigenvalue weighted by Crippen LogP contribution is -2.63. The predicted molar refractivity (Wildman–Crippen MR) is 82.8 cm³/mol. The van der Waals surface area contributed by atoms with Crippen molar-refractivity contribution in [2.75, 3.05) is 13.2 Å². The second-order valence-electron chi connectivity index (χ2n) is 7.58. The van der Waals surface area contributed by atoms with E-state index in [4.69, 9.17) is 9.47 Å². The van der Waals surface area contributed by atoms with Crippen LogP contribution in [0.2, 0.25) is 0 Å². The number of hydrogen-bond acceptors (Lipinski definition) is 5. The van der Waals surface area contributed by atoms with Crippen LogP contribution >= 0.6 is 0 Å². The number of rotatable bonds is 1. The summed E-state index contributed by atoms with van der Waals surface area (Å²) in [7, 11) is 1.83. The maximum absolute atomic E-state index is 12.5. The maximum atomic E-state index is 12.5. The fraction of sp³-hybridized carbons (Fsp3) is 0.750. The van der Waals surface area contributed by atoms with Crippen LogP contribution in [0, 0.1) is 0 Å². The standard InChI is InChI=1S/C16H25N3O4/c1-15(2,3)23-14(20)19-12-5-16(21,6-13(19)10-22-9-12)11-7-17-18(4)8-11/h7-8,12-13,21H,5-6,9-10H2,1-4H3. The van der Waals surface area contributed by atoms with Gasteiger partial charge in [0.1, 0.15) is 5.60 Å². The normalized spacial score (nSPS) is 31.1. The summed E-state index contributed by atoms with van der Waals surface area (Å²) in [6.45, 7) is 6.39. The van der Waals surface area contributed by atoms with Crippen molar-refractivity contribution in [3.63, 3.8) is 0 Å². The Balaban J connectivity index is 1.82. The second-order valence-corrected chi connectivity index (χ2v) is 7.58. The molecule has 1 amide bonds. The maximum Gasteiger partial charge on any atom is 0.410 e. The van der Waals surface area contributed by atoms with Gasteiger partial charge in [-0.2, -0.15) is 5.10 Å². The topological polar surface area (TPSA) is 76.8 Å². The zero-order chi connectivity index (χ0) is 16.8. The number of nitrogens with zero attached hydrogens (tertiary/aromatic N) is 3. The number of aromatic nitrogens is 2. The van der Waals surface area contributed by atoms with Crippen molar-refractivity contribution in [1.29, 1.82) is 0 Å². The van der Waals surface area contributed by atoms with Crippen LogP contribution in [0.1, 0.15) is 39.2 Å². The van der Waals surface area contributed by atoms with E-state index in [0.29, 0.717) is 26.1 Å². The number of ether oxygens (including phenoxy) is 2. The van der Waals surface area contributed by atoms with E-state index < -0.39 is 11.2 Å². The van der Waals surface area contributed by atoms with Gasteiger partial charge in [0, 0.05) is 31.6 Å². The average Bonchev–Trinajstić information content (AvgIpc) is 2.83. The monoisotopic (exact) mass is 323 g/mol. The number of morpholine rings is 1. The van der Waals surface area contributed by atoms with Gasteiger partial charge in [-0.1, -0.05) is 0 Å². The molecule has 0 spiro atoms. The quantitative estimate of drug-likeness (QED) is 0.845. The van der Waals surface area contributed by atoms with Gasteiger partial charge < -0.3 is 14.6 Å². The summed E-state index contributed by atoms with van der Waals surface area (Å²) in [6, 6.07) is -0.384. The molecule has 2 unspecified atom stereocenters. The number of carbonyl (C=O) groups excluding carboxylic acids is 1. The van der Waals surface area contributed by atoms with Crippen LogP contribution in [0.15, 0.2) is 12.4 Å². The lowest BCUT2D eigenvalue weighted by atomic mass is 9.78. The molecule has 128 valence electrons. The molecule has 0 aromatic carbocycles. The summed E-state index contributed by atoms with van der Waals surface area (Å²) < 4.78 is 12.8. The van der Waals surface area contributed by atoms with E-state index >= 15 is 0 Å². The fourth-order valence-corrected chi connectivity index (χ4v) is 3.49. The summed E-state index contributed by atoms with van der Waals surface area (Å²) in [5, 5.41) is 15.3. The molecule has 2 saturated heterocycles. The first-order chi connectivity index (χ1) is 10.7. The van der Waals surface area contributed by atoms with E-state index in [2.05, 4.69) is 5.10 Å². The molecular weight excluding hydrogens is 298 g/mol. The van der Waals surface area contributed by atoms with Crippen LogP contribution in [0.4, 0.5) is 4.79 Å². The number of fused-ring (bicyclic) bond motifs is 2. The van der Waals surface area contributed by atoms with E-state index in [1.807, 2.05) is 34.0 Å². The molecule has 0 radical (unpaired) electrons.